The van der Waals surface area contributed by atoms with Gasteiger partial charge in [0.2, 0.25) is 5.82 Å². The molecule has 0 saturated heterocycles. The number of aromatic nitrogens is 2. The zero-order chi connectivity index (χ0) is 13.0. The predicted molar refractivity (Wildman–Crippen MR) is 67.5 cm³/mol. The van der Waals surface area contributed by atoms with Crippen LogP contribution in [0, 0.1) is 11.3 Å². The van der Waals surface area contributed by atoms with Gasteiger partial charge in [-0.2, -0.15) is 5.26 Å². The lowest BCUT2D eigenvalue weighted by Crippen LogP contribution is -1.99. The fourth-order valence-electron chi connectivity index (χ4n) is 1.27. The maximum absolute atomic E-state index is 8.56. The van der Waals surface area contributed by atoms with Crippen LogP contribution in [0.1, 0.15) is 11.4 Å². The van der Waals surface area contributed by atoms with E-state index in [2.05, 4.69) is 9.97 Å². The second-order valence-electron chi connectivity index (χ2n) is 3.34. The summed E-state index contributed by atoms with van der Waals surface area (Å²) in [6, 6.07) is 7.06. The normalized spacial score (nSPS) is 9.83. The fourth-order valence-corrected chi connectivity index (χ4v) is 1.78. The third-order valence-electron chi connectivity index (χ3n) is 2.17. The van der Waals surface area contributed by atoms with Crippen molar-refractivity contribution in [2.24, 2.45) is 0 Å². The van der Waals surface area contributed by atoms with Gasteiger partial charge in [-0.3, -0.25) is 0 Å². The van der Waals surface area contributed by atoms with E-state index in [0.29, 0.717) is 21.4 Å². The maximum atomic E-state index is 8.56. The molecule has 2 rings (SSSR count). The molecule has 0 spiro atoms. The number of benzene rings is 1. The smallest absolute Gasteiger partial charge is 0.232 e. The highest BCUT2D eigenvalue weighted by atomic mass is 35.5. The molecule has 0 atom stereocenters. The summed E-state index contributed by atoms with van der Waals surface area (Å²) in [6.45, 7) is 0.216. The van der Waals surface area contributed by atoms with Crippen molar-refractivity contribution in [3.63, 3.8) is 0 Å². The molecule has 0 radical (unpaired) electrons. The monoisotopic (exact) mass is 279 g/mol. The van der Waals surface area contributed by atoms with Crippen molar-refractivity contribution >= 4 is 23.2 Å². The van der Waals surface area contributed by atoms with Crippen LogP contribution in [0.3, 0.4) is 0 Å². The molecule has 18 heavy (non-hydrogen) atoms. The molecular weight excluding hydrogens is 273 g/mol. The highest BCUT2D eigenvalue weighted by Crippen LogP contribution is 2.25. The van der Waals surface area contributed by atoms with E-state index in [4.69, 9.17) is 33.2 Å². The molecule has 1 heterocycles. The lowest BCUT2D eigenvalue weighted by Gasteiger charge is -2.08. The molecule has 0 bridgehead atoms. The van der Waals surface area contributed by atoms with E-state index in [-0.39, 0.29) is 12.4 Å². The molecular formula is C12H7Cl2N3O. The largest absolute Gasteiger partial charge is 0.486 e. The van der Waals surface area contributed by atoms with Crippen molar-refractivity contribution in [1.29, 1.82) is 5.26 Å². The van der Waals surface area contributed by atoms with Gasteiger partial charge in [-0.25, -0.2) is 9.97 Å². The van der Waals surface area contributed by atoms with Crippen molar-refractivity contribution < 1.29 is 4.74 Å². The molecule has 0 aliphatic heterocycles. The van der Waals surface area contributed by atoms with Crippen LogP contribution in [-0.4, -0.2) is 9.97 Å². The van der Waals surface area contributed by atoms with E-state index in [1.807, 2.05) is 6.07 Å². The Morgan fingerprint density at radius 2 is 1.78 bits per heavy atom. The summed E-state index contributed by atoms with van der Waals surface area (Å²) in [5.41, 5.74) is 0.699. The van der Waals surface area contributed by atoms with Crippen LogP contribution in [0.4, 0.5) is 0 Å². The Hall–Kier alpha value is -1.83. The van der Waals surface area contributed by atoms with Gasteiger partial charge in [0, 0.05) is 15.6 Å². The van der Waals surface area contributed by atoms with Gasteiger partial charge in [-0.1, -0.05) is 29.3 Å². The molecule has 0 fully saturated rings. The topological polar surface area (TPSA) is 58.8 Å². The summed E-state index contributed by atoms with van der Waals surface area (Å²) in [7, 11) is 0. The quantitative estimate of drug-likeness (QED) is 0.866. The number of hydrogen-bond donors (Lipinski definition) is 0. The second-order valence-corrected chi connectivity index (χ2v) is 4.16. The zero-order valence-electron chi connectivity index (χ0n) is 9.10. The van der Waals surface area contributed by atoms with Crippen molar-refractivity contribution in [3.05, 3.63) is 52.0 Å². The molecule has 6 heteroatoms. The molecule has 0 unspecified atom stereocenters. The van der Waals surface area contributed by atoms with Gasteiger partial charge in [0.1, 0.15) is 12.7 Å². The third-order valence-corrected chi connectivity index (χ3v) is 2.88. The van der Waals surface area contributed by atoms with Crippen LogP contribution in [0.5, 0.6) is 5.75 Å². The third kappa shape index (κ3) is 2.89. The molecule has 0 aliphatic rings. The van der Waals surface area contributed by atoms with E-state index in [0.717, 1.165) is 0 Å². The fraction of sp³-hybridized carbons (Fsp3) is 0.0833. The summed E-state index contributed by atoms with van der Waals surface area (Å²) < 4.78 is 5.45. The zero-order valence-corrected chi connectivity index (χ0v) is 10.6. The number of rotatable bonds is 3. The first-order valence-corrected chi connectivity index (χ1v) is 5.74. The minimum absolute atomic E-state index is 0.0955. The van der Waals surface area contributed by atoms with Gasteiger partial charge < -0.3 is 4.74 Å². The Morgan fingerprint density at radius 1 is 1.17 bits per heavy atom. The van der Waals surface area contributed by atoms with Gasteiger partial charge in [0.25, 0.3) is 0 Å². The van der Waals surface area contributed by atoms with Gasteiger partial charge in [0.05, 0.1) is 12.4 Å². The molecule has 90 valence electrons. The SMILES string of the molecule is N#Cc1ncc(OCc2c(Cl)cccc2Cl)cn1. The number of halogens is 2. The molecule has 1 aromatic heterocycles. The van der Waals surface area contributed by atoms with Crippen LogP contribution < -0.4 is 4.74 Å². The molecule has 2 aromatic rings. The van der Waals surface area contributed by atoms with Crippen LogP contribution in [-0.2, 0) is 6.61 Å². The van der Waals surface area contributed by atoms with E-state index < -0.39 is 0 Å². The number of nitrogens with zero attached hydrogens (tertiary/aromatic N) is 3. The average Bonchev–Trinajstić information content (AvgIpc) is 2.39. The highest BCUT2D eigenvalue weighted by molar-refractivity contribution is 6.35. The number of nitriles is 1. The summed E-state index contributed by atoms with van der Waals surface area (Å²) >= 11 is 12.0. The summed E-state index contributed by atoms with van der Waals surface area (Å²) in [4.78, 5) is 7.58. The van der Waals surface area contributed by atoms with Gasteiger partial charge in [0.15, 0.2) is 5.75 Å². The summed E-state index contributed by atoms with van der Waals surface area (Å²) in [6.07, 6.45) is 2.85. The Kier molecular flexibility index (Phi) is 3.98. The number of ether oxygens (including phenoxy) is 1. The Balaban J connectivity index is 2.09. The number of hydrogen-bond acceptors (Lipinski definition) is 4. The van der Waals surface area contributed by atoms with E-state index in [1.54, 1.807) is 18.2 Å². The molecule has 4 nitrogen and oxygen atoms in total. The van der Waals surface area contributed by atoms with Gasteiger partial charge >= 0.3 is 0 Å². The van der Waals surface area contributed by atoms with E-state index in [9.17, 15) is 0 Å². The van der Waals surface area contributed by atoms with Crippen LogP contribution in [0.15, 0.2) is 30.6 Å². The first-order chi connectivity index (χ1) is 8.70. The first kappa shape index (κ1) is 12.6. The Morgan fingerprint density at radius 3 is 2.33 bits per heavy atom. The maximum Gasteiger partial charge on any atom is 0.232 e. The minimum Gasteiger partial charge on any atom is -0.486 e. The van der Waals surface area contributed by atoms with E-state index in [1.165, 1.54) is 12.4 Å². The van der Waals surface area contributed by atoms with Crippen LogP contribution in [0.2, 0.25) is 10.0 Å². The van der Waals surface area contributed by atoms with Crippen LogP contribution in [0.25, 0.3) is 0 Å². The molecule has 0 N–H and O–H groups in total. The van der Waals surface area contributed by atoms with Gasteiger partial charge in [-0.15, -0.1) is 0 Å². The molecule has 1 aromatic carbocycles. The Labute approximate surface area is 114 Å². The van der Waals surface area contributed by atoms with Crippen molar-refractivity contribution in [3.8, 4) is 11.8 Å². The summed E-state index contributed by atoms with van der Waals surface area (Å²) in [5, 5.41) is 9.64. The first-order valence-electron chi connectivity index (χ1n) is 4.98. The van der Waals surface area contributed by atoms with Crippen molar-refractivity contribution in [2.75, 3.05) is 0 Å². The van der Waals surface area contributed by atoms with Crippen molar-refractivity contribution in [1.82, 2.24) is 9.97 Å². The second kappa shape index (κ2) is 5.67. The van der Waals surface area contributed by atoms with Crippen molar-refractivity contribution in [2.45, 2.75) is 6.61 Å². The minimum atomic E-state index is 0.0955. The van der Waals surface area contributed by atoms with E-state index >= 15 is 0 Å². The molecule has 0 amide bonds. The van der Waals surface area contributed by atoms with Crippen LogP contribution >= 0.6 is 23.2 Å². The lowest BCUT2D eigenvalue weighted by molar-refractivity contribution is 0.303. The summed E-state index contributed by atoms with van der Waals surface area (Å²) in [5.74, 6) is 0.545. The highest BCUT2D eigenvalue weighted by Gasteiger charge is 2.06. The molecule has 0 saturated carbocycles. The Bertz CT molecular complexity index is 573. The molecule has 0 aliphatic carbocycles. The average molecular weight is 280 g/mol. The predicted octanol–water partition coefficient (Wildman–Crippen LogP) is 3.23. The standard InChI is InChI=1S/C12H7Cl2N3O/c13-10-2-1-3-11(14)9(10)7-18-8-5-16-12(4-15)17-6-8/h1-3,5-6H,7H2. The van der Waals surface area contributed by atoms with Gasteiger partial charge in [-0.05, 0) is 12.1 Å². The lowest BCUT2D eigenvalue weighted by atomic mass is 10.2.